The van der Waals surface area contributed by atoms with Gasteiger partial charge in [-0.15, -0.1) is 0 Å². The molecule has 0 radical (unpaired) electrons. The lowest BCUT2D eigenvalue weighted by molar-refractivity contribution is 0.296. The van der Waals surface area contributed by atoms with E-state index in [0.717, 1.165) is 36.9 Å². The van der Waals surface area contributed by atoms with Crippen molar-refractivity contribution in [2.24, 2.45) is 0 Å². The van der Waals surface area contributed by atoms with Crippen LogP contribution in [-0.4, -0.2) is 24.4 Å². The molecule has 1 fully saturated rings. The van der Waals surface area contributed by atoms with Crippen LogP contribution in [0.3, 0.4) is 0 Å². The van der Waals surface area contributed by atoms with Crippen molar-refractivity contribution >= 4 is 10.0 Å². The van der Waals surface area contributed by atoms with Crippen LogP contribution in [0, 0.1) is 0 Å². The second-order valence-corrected chi connectivity index (χ2v) is 7.74. The van der Waals surface area contributed by atoms with E-state index < -0.39 is 10.0 Å². The average Bonchev–Trinajstić information content (AvgIpc) is 3.23. The van der Waals surface area contributed by atoms with Crippen molar-refractivity contribution in [3.63, 3.8) is 0 Å². The van der Waals surface area contributed by atoms with Gasteiger partial charge in [0.15, 0.2) is 5.76 Å². The zero-order chi connectivity index (χ0) is 16.4. The summed E-state index contributed by atoms with van der Waals surface area (Å²) in [4.78, 5) is 0.344. The van der Waals surface area contributed by atoms with Gasteiger partial charge in [-0.1, -0.05) is 31.1 Å². The highest BCUT2D eigenvalue weighted by Crippen LogP contribution is 2.36. The van der Waals surface area contributed by atoms with Crippen molar-refractivity contribution in [1.29, 1.82) is 0 Å². The van der Waals surface area contributed by atoms with E-state index in [0.29, 0.717) is 17.2 Å². The molecule has 2 aromatic rings. The first-order valence-corrected chi connectivity index (χ1v) is 9.56. The van der Waals surface area contributed by atoms with Crippen molar-refractivity contribution in [3.8, 4) is 0 Å². The van der Waals surface area contributed by atoms with Crippen LogP contribution in [0.4, 0.5) is 0 Å². The van der Waals surface area contributed by atoms with Gasteiger partial charge in [-0.25, -0.2) is 8.42 Å². The molecule has 0 saturated carbocycles. The maximum absolute atomic E-state index is 13.0. The number of aryl methyl sites for hydroxylation is 2. The van der Waals surface area contributed by atoms with Crippen LogP contribution in [0.25, 0.3) is 0 Å². The molecule has 1 aromatic heterocycles. The second kappa shape index (κ2) is 6.45. The van der Waals surface area contributed by atoms with Crippen molar-refractivity contribution in [2.75, 3.05) is 6.54 Å². The molecule has 0 N–H and O–H groups in total. The Labute approximate surface area is 137 Å². The molecular formula is C17H22N2O3S. The van der Waals surface area contributed by atoms with Crippen LogP contribution < -0.4 is 0 Å². The van der Waals surface area contributed by atoms with Crippen LogP contribution in [0.15, 0.2) is 39.8 Å². The monoisotopic (exact) mass is 334 g/mol. The lowest BCUT2D eigenvalue weighted by Crippen LogP contribution is -2.30. The molecule has 1 saturated heterocycles. The SMILES string of the molecule is CCc1ccc(S(=O)(=O)N2CCCC2c2cc(CC)no2)cc1. The molecule has 0 aliphatic carbocycles. The third-order valence-electron chi connectivity index (χ3n) is 4.41. The minimum Gasteiger partial charge on any atom is -0.359 e. The van der Waals surface area contributed by atoms with E-state index in [2.05, 4.69) is 12.1 Å². The lowest BCUT2D eigenvalue weighted by atomic mass is 10.1. The van der Waals surface area contributed by atoms with Crippen LogP contribution in [0.1, 0.15) is 49.7 Å². The van der Waals surface area contributed by atoms with Crippen molar-refractivity contribution < 1.29 is 12.9 Å². The quantitative estimate of drug-likeness (QED) is 0.841. The molecule has 6 heteroatoms. The van der Waals surface area contributed by atoms with Gasteiger partial charge in [-0.3, -0.25) is 0 Å². The first-order valence-electron chi connectivity index (χ1n) is 8.12. The van der Waals surface area contributed by atoms with Gasteiger partial charge in [0.05, 0.1) is 16.6 Å². The zero-order valence-electron chi connectivity index (χ0n) is 13.5. The molecule has 0 amide bonds. The van der Waals surface area contributed by atoms with E-state index in [-0.39, 0.29) is 6.04 Å². The van der Waals surface area contributed by atoms with Crippen molar-refractivity contribution in [2.45, 2.75) is 50.5 Å². The Hall–Kier alpha value is -1.66. The van der Waals surface area contributed by atoms with E-state index in [9.17, 15) is 8.42 Å². The minimum atomic E-state index is -3.51. The summed E-state index contributed by atoms with van der Waals surface area (Å²) in [5, 5.41) is 3.99. The van der Waals surface area contributed by atoms with E-state index in [1.165, 1.54) is 0 Å². The van der Waals surface area contributed by atoms with E-state index in [4.69, 9.17) is 4.52 Å². The largest absolute Gasteiger partial charge is 0.359 e. The highest BCUT2D eigenvalue weighted by atomic mass is 32.2. The molecule has 1 aliphatic rings. The number of nitrogens with zero attached hydrogens (tertiary/aromatic N) is 2. The van der Waals surface area contributed by atoms with Gasteiger partial charge in [-0.05, 0) is 43.4 Å². The smallest absolute Gasteiger partial charge is 0.243 e. The highest BCUT2D eigenvalue weighted by molar-refractivity contribution is 7.89. The molecule has 0 spiro atoms. The number of sulfonamides is 1. The predicted molar refractivity (Wildman–Crippen MR) is 87.6 cm³/mol. The molecular weight excluding hydrogens is 312 g/mol. The summed E-state index contributed by atoms with van der Waals surface area (Å²) in [7, 11) is -3.51. The van der Waals surface area contributed by atoms with Crippen LogP contribution in [-0.2, 0) is 22.9 Å². The third kappa shape index (κ3) is 3.05. The van der Waals surface area contributed by atoms with Crippen LogP contribution in [0.5, 0.6) is 0 Å². The molecule has 124 valence electrons. The van der Waals surface area contributed by atoms with Crippen molar-refractivity contribution in [3.05, 3.63) is 47.3 Å². The molecule has 2 heterocycles. The summed E-state index contributed by atoms with van der Waals surface area (Å²) in [5.74, 6) is 0.646. The number of benzene rings is 1. The summed E-state index contributed by atoms with van der Waals surface area (Å²) in [6.07, 6.45) is 3.27. The Morgan fingerprint density at radius 2 is 1.96 bits per heavy atom. The molecule has 0 bridgehead atoms. The van der Waals surface area contributed by atoms with Gasteiger partial charge in [0, 0.05) is 12.6 Å². The normalized spacial score (nSPS) is 19.3. The molecule has 1 aliphatic heterocycles. The zero-order valence-corrected chi connectivity index (χ0v) is 14.3. The fourth-order valence-corrected chi connectivity index (χ4v) is 4.66. The first kappa shape index (κ1) is 16.2. The Kier molecular flexibility index (Phi) is 4.55. The topological polar surface area (TPSA) is 63.4 Å². The second-order valence-electron chi connectivity index (χ2n) is 5.85. The maximum atomic E-state index is 13.0. The molecule has 1 aromatic carbocycles. The maximum Gasteiger partial charge on any atom is 0.243 e. The van der Waals surface area contributed by atoms with Crippen LogP contribution in [0.2, 0.25) is 0 Å². The van der Waals surface area contributed by atoms with Gasteiger partial charge >= 0.3 is 0 Å². The Morgan fingerprint density at radius 1 is 1.22 bits per heavy atom. The van der Waals surface area contributed by atoms with E-state index >= 15 is 0 Å². The molecule has 1 unspecified atom stereocenters. The van der Waals surface area contributed by atoms with Crippen LogP contribution >= 0.6 is 0 Å². The standard InChI is InChI=1S/C17H22N2O3S/c1-3-13-7-9-15(10-8-13)23(20,21)19-11-5-6-16(19)17-12-14(4-2)18-22-17/h7-10,12,16H,3-6,11H2,1-2H3. The summed E-state index contributed by atoms with van der Waals surface area (Å²) >= 11 is 0. The van der Waals surface area contributed by atoms with Gasteiger partial charge in [0.2, 0.25) is 10.0 Å². The Balaban J connectivity index is 1.91. The third-order valence-corrected chi connectivity index (χ3v) is 6.33. The average molecular weight is 334 g/mol. The molecule has 5 nitrogen and oxygen atoms in total. The fourth-order valence-electron chi connectivity index (χ4n) is 3.00. The Bertz CT molecular complexity index is 765. The minimum absolute atomic E-state index is 0.251. The van der Waals surface area contributed by atoms with E-state index in [1.807, 2.05) is 25.1 Å². The predicted octanol–water partition coefficient (Wildman–Crippen LogP) is 3.33. The summed E-state index contributed by atoms with van der Waals surface area (Å²) in [5.41, 5.74) is 1.99. The molecule has 1 atom stereocenters. The lowest BCUT2D eigenvalue weighted by Gasteiger charge is -2.22. The first-order chi connectivity index (χ1) is 11.1. The van der Waals surface area contributed by atoms with E-state index in [1.54, 1.807) is 16.4 Å². The molecule has 23 heavy (non-hydrogen) atoms. The van der Waals surface area contributed by atoms with Crippen molar-refractivity contribution in [1.82, 2.24) is 9.46 Å². The number of rotatable bonds is 5. The van der Waals surface area contributed by atoms with Gasteiger partial charge in [0.1, 0.15) is 0 Å². The number of aromatic nitrogens is 1. The summed E-state index contributed by atoms with van der Waals surface area (Å²) in [6, 6.07) is 8.77. The van der Waals surface area contributed by atoms with Gasteiger partial charge < -0.3 is 4.52 Å². The Morgan fingerprint density at radius 3 is 2.57 bits per heavy atom. The summed E-state index contributed by atoms with van der Waals surface area (Å²) in [6.45, 7) is 4.57. The molecule has 3 rings (SSSR count). The fraction of sp³-hybridized carbons (Fsp3) is 0.471. The summed E-state index contributed by atoms with van der Waals surface area (Å²) < 4.78 is 32.8. The number of hydrogen-bond acceptors (Lipinski definition) is 4. The van der Waals surface area contributed by atoms with Gasteiger partial charge in [0.25, 0.3) is 0 Å². The number of hydrogen-bond donors (Lipinski definition) is 0. The highest BCUT2D eigenvalue weighted by Gasteiger charge is 2.38. The van der Waals surface area contributed by atoms with Gasteiger partial charge in [-0.2, -0.15) is 4.31 Å².